The third-order valence-corrected chi connectivity index (χ3v) is 4.82. The summed E-state index contributed by atoms with van der Waals surface area (Å²) in [6.45, 7) is 2.56. The van der Waals surface area contributed by atoms with Crippen molar-refractivity contribution in [2.45, 2.75) is 32.5 Å². The molecule has 2 heterocycles. The van der Waals surface area contributed by atoms with Gasteiger partial charge in [-0.1, -0.05) is 35.0 Å². The van der Waals surface area contributed by atoms with Gasteiger partial charge in [0.05, 0.1) is 6.61 Å². The second kappa shape index (κ2) is 8.49. The fourth-order valence-corrected chi connectivity index (χ4v) is 3.13. The molecule has 0 radical (unpaired) electrons. The van der Waals surface area contributed by atoms with Crippen molar-refractivity contribution in [2.24, 2.45) is 0 Å². The zero-order valence-corrected chi connectivity index (χ0v) is 16.0. The van der Waals surface area contributed by atoms with E-state index in [2.05, 4.69) is 10.1 Å². The number of rotatable bonds is 7. The van der Waals surface area contributed by atoms with Gasteiger partial charge in [0.2, 0.25) is 17.7 Å². The summed E-state index contributed by atoms with van der Waals surface area (Å²) in [7, 11) is 1.59. The van der Waals surface area contributed by atoms with E-state index in [1.54, 1.807) is 20.1 Å². The van der Waals surface area contributed by atoms with E-state index in [9.17, 15) is 9.59 Å². The van der Waals surface area contributed by atoms with Crippen molar-refractivity contribution < 1.29 is 18.8 Å². The minimum atomic E-state index is -0.622. The summed E-state index contributed by atoms with van der Waals surface area (Å²) >= 11 is 6.17. The van der Waals surface area contributed by atoms with E-state index >= 15 is 0 Å². The molecule has 27 heavy (non-hydrogen) atoms. The van der Waals surface area contributed by atoms with Crippen LogP contribution in [0.25, 0.3) is 0 Å². The molecule has 9 heteroatoms. The van der Waals surface area contributed by atoms with Gasteiger partial charge in [0.1, 0.15) is 19.1 Å². The average Bonchev–Trinajstić information content (AvgIpc) is 3.10. The first-order valence-electron chi connectivity index (χ1n) is 8.61. The highest BCUT2D eigenvalue weighted by molar-refractivity contribution is 6.31. The van der Waals surface area contributed by atoms with Gasteiger partial charge < -0.3 is 19.1 Å². The zero-order valence-electron chi connectivity index (χ0n) is 15.2. The van der Waals surface area contributed by atoms with Crippen LogP contribution in [0.1, 0.15) is 24.2 Å². The fourth-order valence-electron chi connectivity index (χ4n) is 2.93. The lowest BCUT2D eigenvalue weighted by Crippen LogP contribution is -2.58. The lowest BCUT2D eigenvalue weighted by Gasteiger charge is -2.38. The Labute approximate surface area is 162 Å². The molecular formula is C18H21ClN4O4. The molecular weight excluding hydrogens is 372 g/mol. The van der Waals surface area contributed by atoms with Crippen LogP contribution in [0.5, 0.6) is 0 Å². The quantitative estimate of drug-likeness (QED) is 0.712. The van der Waals surface area contributed by atoms with Gasteiger partial charge in [-0.25, -0.2) is 0 Å². The number of benzene rings is 1. The fraction of sp³-hybridized carbons (Fsp3) is 0.444. The number of hydrogen-bond acceptors (Lipinski definition) is 6. The van der Waals surface area contributed by atoms with Gasteiger partial charge in [-0.2, -0.15) is 4.98 Å². The third-order valence-electron chi connectivity index (χ3n) is 4.45. The molecule has 1 atom stereocenters. The molecule has 0 aliphatic carbocycles. The Morgan fingerprint density at radius 2 is 2.07 bits per heavy atom. The number of piperazine rings is 1. The number of carbonyl (C=O) groups is 2. The number of amides is 2. The molecule has 8 nitrogen and oxygen atoms in total. The maximum absolute atomic E-state index is 12.7. The molecule has 2 amide bonds. The molecule has 1 aromatic heterocycles. The molecule has 0 spiro atoms. The predicted octanol–water partition coefficient (Wildman–Crippen LogP) is 1.67. The minimum Gasteiger partial charge on any atom is -0.384 e. The van der Waals surface area contributed by atoms with Crippen LogP contribution in [0.3, 0.4) is 0 Å². The first-order chi connectivity index (χ1) is 13.0. The van der Waals surface area contributed by atoms with Crippen LogP contribution in [-0.2, 0) is 33.8 Å². The first-order valence-corrected chi connectivity index (χ1v) is 8.99. The highest BCUT2D eigenvalue weighted by atomic mass is 35.5. The standard InChI is InChI=1S/C18H21ClN4O4/c1-12-18(25)22(9-13-5-3-4-6-14(13)19)11-17(24)23(12)10-16-20-15(21-27-16)7-8-26-2/h3-6,12H,7-11H2,1-2H3/t12-/m0/s1. The van der Waals surface area contributed by atoms with Gasteiger partial charge in [0, 0.05) is 25.1 Å². The van der Waals surface area contributed by atoms with E-state index in [1.807, 2.05) is 18.2 Å². The summed E-state index contributed by atoms with van der Waals surface area (Å²) in [5.41, 5.74) is 0.806. The number of methoxy groups -OCH3 is 1. The van der Waals surface area contributed by atoms with Gasteiger partial charge in [-0.05, 0) is 18.6 Å². The summed E-state index contributed by atoms with van der Waals surface area (Å²) in [5, 5.41) is 4.43. The molecule has 1 aliphatic rings. The zero-order chi connectivity index (χ0) is 19.4. The monoisotopic (exact) mass is 392 g/mol. The molecule has 2 aromatic rings. The van der Waals surface area contributed by atoms with Gasteiger partial charge in [0.25, 0.3) is 0 Å². The van der Waals surface area contributed by atoms with Crippen LogP contribution in [0, 0.1) is 0 Å². The Bertz CT molecular complexity index is 825. The van der Waals surface area contributed by atoms with E-state index in [0.29, 0.717) is 36.3 Å². The highest BCUT2D eigenvalue weighted by Crippen LogP contribution is 2.21. The van der Waals surface area contributed by atoms with Gasteiger partial charge in [-0.15, -0.1) is 0 Å². The number of carbonyl (C=O) groups excluding carboxylic acids is 2. The van der Waals surface area contributed by atoms with E-state index in [-0.39, 0.29) is 24.9 Å². The topological polar surface area (TPSA) is 88.8 Å². The molecule has 1 aliphatic heterocycles. The number of nitrogens with zero attached hydrogens (tertiary/aromatic N) is 4. The second-order valence-corrected chi connectivity index (χ2v) is 6.74. The number of hydrogen-bond donors (Lipinski definition) is 0. The summed E-state index contributed by atoms with van der Waals surface area (Å²) in [5.74, 6) is 0.490. The Morgan fingerprint density at radius 3 is 2.81 bits per heavy atom. The lowest BCUT2D eigenvalue weighted by atomic mass is 10.1. The Morgan fingerprint density at radius 1 is 1.30 bits per heavy atom. The first kappa shape index (κ1) is 19.3. The summed E-state index contributed by atoms with van der Waals surface area (Å²) in [4.78, 5) is 32.6. The molecule has 0 unspecified atom stereocenters. The number of halogens is 1. The molecule has 3 rings (SSSR count). The van der Waals surface area contributed by atoms with Crippen molar-refractivity contribution in [2.75, 3.05) is 20.3 Å². The van der Waals surface area contributed by atoms with Crippen LogP contribution >= 0.6 is 11.6 Å². The Balaban J connectivity index is 1.66. The maximum Gasteiger partial charge on any atom is 0.246 e. The SMILES string of the molecule is COCCc1noc(CN2C(=O)CN(Cc3ccccc3Cl)C(=O)[C@@H]2C)n1. The minimum absolute atomic E-state index is 0.0148. The molecule has 144 valence electrons. The van der Waals surface area contributed by atoms with Crippen LogP contribution in [0.15, 0.2) is 28.8 Å². The predicted molar refractivity (Wildman–Crippen MR) is 96.8 cm³/mol. The van der Waals surface area contributed by atoms with Crippen LogP contribution in [0.4, 0.5) is 0 Å². The van der Waals surface area contributed by atoms with Crippen molar-refractivity contribution >= 4 is 23.4 Å². The van der Waals surface area contributed by atoms with Crippen LogP contribution in [0.2, 0.25) is 5.02 Å². The lowest BCUT2D eigenvalue weighted by molar-refractivity contribution is -0.156. The van der Waals surface area contributed by atoms with Crippen molar-refractivity contribution in [3.63, 3.8) is 0 Å². The van der Waals surface area contributed by atoms with Crippen molar-refractivity contribution in [1.82, 2.24) is 19.9 Å². The van der Waals surface area contributed by atoms with Crippen LogP contribution in [-0.4, -0.2) is 58.1 Å². The van der Waals surface area contributed by atoms with E-state index in [1.165, 1.54) is 9.80 Å². The van der Waals surface area contributed by atoms with Crippen LogP contribution < -0.4 is 0 Å². The third kappa shape index (κ3) is 4.45. The molecule has 1 fully saturated rings. The summed E-state index contributed by atoms with van der Waals surface area (Å²) in [6, 6.07) is 6.66. The average molecular weight is 393 g/mol. The second-order valence-electron chi connectivity index (χ2n) is 6.33. The Kier molecular flexibility index (Phi) is 6.08. The Hall–Kier alpha value is -2.45. The molecule has 0 bridgehead atoms. The van der Waals surface area contributed by atoms with Gasteiger partial charge >= 0.3 is 0 Å². The largest absolute Gasteiger partial charge is 0.384 e. The van der Waals surface area contributed by atoms with E-state index < -0.39 is 6.04 Å². The highest BCUT2D eigenvalue weighted by Gasteiger charge is 2.37. The summed E-state index contributed by atoms with van der Waals surface area (Å²) in [6.07, 6.45) is 0.522. The number of aromatic nitrogens is 2. The van der Waals surface area contributed by atoms with Gasteiger partial charge in [-0.3, -0.25) is 9.59 Å². The number of ether oxygens (including phenoxy) is 1. The van der Waals surface area contributed by atoms with E-state index in [0.717, 1.165) is 5.56 Å². The maximum atomic E-state index is 12.7. The molecule has 0 N–H and O–H groups in total. The van der Waals surface area contributed by atoms with E-state index in [4.69, 9.17) is 20.9 Å². The normalized spacial score (nSPS) is 17.7. The smallest absolute Gasteiger partial charge is 0.246 e. The van der Waals surface area contributed by atoms with Gasteiger partial charge in [0.15, 0.2) is 5.82 Å². The summed E-state index contributed by atoms with van der Waals surface area (Å²) < 4.78 is 10.2. The molecule has 0 saturated carbocycles. The van der Waals surface area contributed by atoms with Crippen molar-refractivity contribution in [3.8, 4) is 0 Å². The molecule has 1 saturated heterocycles. The van der Waals surface area contributed by atoms with Crippen molar-refractivity contribution in [3.05, 3.63) is 46.6 Å². The molecule has 1 aromatic carbocycles. The van der Waals surface area contributed by atoms with Crippen molar-refractivity contribution in [1.29, 1.82) is 0 Å².